The van der Waals surface area contributed by atoms with E-state index in [0.29, 0.717) is 0 Å². The Balaban J connectivity index is 2.74. The third kappa shape index (κ3) is 4.64. The van der Waals surface area contributed by atoms with Gasteiger partial charge in [0.1, 0.15) is 0 Å². The van der Waals surface area contributed by atoms with Crippen LogP contribution in [0.5, 0.6) is 0 Å². The largest absolute Gasteiger partial charge is 0.481 e. The molecule has 0 saturated carbocycles. The van der Waals surface area contributed by atoms with Gasteiger partial charge in [-0.15, -0.1) is 0 Å². The van der Waals surface area contributed by atoms with Crippen LogP contribution in [-0.4, -0.2) is 31.0 Å². The van der Waals surface area contributed by atoms with Crippen molar-refractivity contribution in [2.75, 3.05) is 6.54 Å². The van der Waals surface area contributed by atoms with Gasteiger partial charge in [-0.2, -0.15) is 0 Å². The number of nitro groups is 1. The van der Waals surface area contributed by atoms with Crippen molar-refractivity contribution < 1.29 is 23.2 Å². The van der Waals surface area contributed by atoms with Gasteiger partial charge in [0.25, 0.3) is 5.69 Å². The third-order valence-electron chi connectivity index (χ3n) is 2.20. The number of non-ortho nitro benzene ring substituents is 1. The van der Waals surface area contributed by atoms with Crippen LogP contribution in [0.4, 0.5) is 5.69 Å². The van der Waals surface area contributed by atoms with E-state index in [-0.39, 0.29) is 30.0 Å². The van der Waals surface area contributed by atoms with Gasteiger partial charge >= 0.3 is 5.97 Å². The summed E-state index contributed by atoms with van der Waals surface area (Å²) in [5.41, 5.74) is -0.326. The van der Waals surface area contributed by atoms with E-state index < -0.39 is 20.9 Å². The number of hydrogen-bond donors (Lipinski definition) is 2. The zero-order valence-electron chi connectivity index (χ0n) is 9.77. The maximum Gasteiger partial charge on any atom is 0.303 e. The number of aliphatic carboxylic acids is 1. The van der Waals surface area contributed by atoms with Crippen molar-refractivity contribution in [3.05, 3.63) is 34.4 Å². The maximum absolute atomic E-state index is 11.8. The summed E-state index contributed by atoms with van der Waals surface area (Å²) in [7, 11) is -3.86. The minimum atomic E-state index is -3.86. The van der Waals surface area contributed by atoms with Gasteiger partial charge in [-0.1, -0.05) is 6.07 Å². The molecule has 104 valence electrons. The van der Waals surface area contributed by atoms with Crippen molar-refractivity contribution in [3.63, 3.8) is 0 Å². The molecule has 2 N–H and O–H groups in total. The van der Waals surface area contributed by atoms with Gasteiger partial charge in [0, 0.05) is 25.1 Å². The first kappa shape index (κ1) is 15.1. The van der Waals surface area contributed by atoms with Crippen LogP contribution < -0.4 is 4.72 Å². The van der Waals surface area contributed by atoms with Crippen molar-refractivity contribution >= 4 is 21.7 Å². The molecule has 0 aromatic heterocycles. The SMILES string of the molecule is O=C(O)CCCNS(=O)(=O)c1cccc([N+](=O)[O-])c1. The summed E-state index contributed by atoms with van der Waals surface area (Å²) < 4.78 is 25.7. The second-order valence-electron chi connectivity index (χ2n) is 3.65. The number of nitrogens with one attached hydrogen (secondary N) is 1. The van der Waals surface area contributed by atoms with E-state index in [4.69, 9.17) is 5.11 Å². The number of carboxylic acids is 1. The maximum atomic E-state index is 11.8. The Morgan fingerprint density at radius 2 is 2.11 bits per heavy atom. The Kier molecular flexibility index (Phi) is 4.95. The summed E-state index contributed by atoms with van der Waals surface area (Å²) in [5.74, 6) is -1.02. The molecular weight excluding hydrogens is 276 g/mol. The molecule has 1 aromatic rings. The second-order valence-corrected chi connectivity index (χ2v) is 5.42. The molecule has 0 aliphatic rings. The molecule has 19 heavy (non-hydrogen) atoms. The Bertz CT molecular complexity index is 583. The van der Waals surface area contributed by atoms with Gasteiger partial charge < -0.3 is 5.11 Å². The van der Waals surface area contributed by atoms with E-state index in [0.717, 1.165) is 6.07 Å². The summed E-state index contributed by atoms with van der Waals surface area (Å²) >= 11 is 0. The van der Waals surface area contributed by atoms with Crippen molar-refractivity contribution in [1.29, 1.82) is 0 Å². The minimum absolute atomic E-state index is 0.0443. The lowest BCUT2D eigenvalue weighted by molar-refractivity contribution is -0.385. The van der Waals surface area contributed by atoms with Crippen molar-refractivity contribution in [2.24, 2.45) is 0 Å². The molecule has 0 atom stereocenters. The number of nitrogens with zero attached hydrogens (tertiary/aromatic N) is 1. The zero-order chi connectivity index (χ0) is 14.5. The quantitative estimate of drug-likeness (QED) is 0.433. The van der Waals surface area contributed by atoms with Crippen LogP contribution in [0.15, 0.2) is 29.2 Å². The molecule has 0 unspecified atom stereocenters. The van der Waals surface area contributed by atoms with E-state index in [1.165, 1.54) is 18.2 Å². The lowest BCUT2D eigenvalue weighted by atomic mass is 10.3. The first-order valence-electron chi connectivity index (χ1n) is 5.29. The van der Waals surface area contributed by atoms with Crippen LogP contribution >= 0.6 is 0 Å². The lowest BCUT2D eigenvalue weighted by Gasteiger charge is -2.05. The molecule has 0 aliphatic carbocycles. The first-order chi connectivity index (χ1) is 8.83. The molecule has 1 aromatic carbocycles. The summed E-state index contributed by atoms with van der Waals surface area (Å²) in [5, 5.41) is 18.9. The monoisotopic (exact) mass is 288 g/mol. The summed E-state index contributed by atoms with van der Waals surface area (Å²) in [6, 6.07) is 4.62. The van der Waals surface area contributed by atoms with Crippen LogP contribution in [0.1, 0.15) is 12.8 Å². The summed E-state index contributed by atoms with van der Waals surface area (Å²) in [6.45, 7) is -0.0443. The number of carboxylic acid groups (broad SMARTS) is 1. The van der Waals surface area contributed by atoms with E-state index >= 15 is 0 Å². The molecule has 8 nitrogen and oxygen atoms in total. The highest BCUT2D eigenvalue weighted by molar-refractivity contribution is 7.89. The second kappa shape index (κ2) is 6.25. The molecule has 0 aliphatic heterocycles. The Hall–Kier alpha value is -2.00. The smallest absolute Gasteiger partial charge is 0.303 e. The Labute approximate surface area is 109 Å². The number of nitro benzene ring substituents is 1. The van der Waals surface area contributed by atoms with Crippen LogP contribution in [0.2, 0.25) is 0 Å². The topological polar surface area (TPSA) is 127 Å². The number of rotatable bonds is 7. The third-order valence-corrected chi connectivity index (χ3v) is 3.66. The molecule has 0 saturated heterocycles. The van der Waals surface area contributed by atoms with Gasteiger partial charge in [0.2, 0.25) is 10.0 Å². The lowest BCUT2D eigenvalue weighted by Crippen LogP contribution is -2.25. The van der Waals surface area contributed by atoms with Crippen molar-refractivity contribution in [3.8, 4) is 0 Å². The predicted molar refractivity (Wildman–Crippen MR) is 65.2 cm³/mol. The van der Waals surface area contributed by atoms with Crippen LogP contribution in [0, 0.1) is 10.1 Å². The molecule has 1 rings (SSSR count). The number of carbonyl (C=O) groups is 1. The van der Waals surface area contributed by atoms with Gasteiger partial charge in [-0.3, -0.25) is 14.9 Å². The first-order valence-corrected chi connectivity index (χ1v) is 6.77. The molecular formula is C10H12N2O6S. The standard InChI is InChI=1S/C10H12N2O6S/c13-10(14)5-2-6-11-19(17,18)9-4-1-3-8(7-9)12(15)16/h1,3-4,7,11H,2,5-6H2,(H,13,14). The Morgan fingerprint density at radius 1 is 1.42 bits per heavy atom. The molecule has 9 heteroatoms. The molecule has 0 bridgehead atoms. The fourth-order valence-electron chi connectivity index (χ4n) is 1.29. The van der Waals surface area contributed by atoms with Gasteiger partial charge in [-0.25, -0.2) is 13.1 Å². The average molecular weight is 288 g/mol. The van der Waals surface area contributed by atoms with Crippen molar-refractivity contribution in [1.82, 2.24) is 4.72 Å². The number of benzene rings is 1. The summed E-state index contributed by atoms with van der Waals surface area (Å²) in [4.78, 5) is 19.9. The average Bonchev–Trinajstić information content (AvgIpc) is 2.34. The molecule has 0 heterocycles. The van der Waals surface area contributed by atoms with Crippen LogP contribution in [0.25, 0.3) is 0 Å². The molecule has 0 fully saturated rings. The molecule has 0 spiro atoms. The summed E-state index contributed by atoms with van der Waals surface area (Å²) in [6.07, 6.45) is -0.0129. The van der Waals surface area contributed by atoms with Crippen LogP contribution in [-0.2, 0) is 14.8 Å². The highest BCUT2D eigenvalue weighted by atomic mass is 32.2. The normalized spacial score (nSPS) is 11.2. The predicted octanol–water partition coefficient (Wildman–Crippen LogP) is 0.738. The van der Waals surface area contributed by atoms with E-state index in [9.17, 15) is 23.3 Å². The van der Waals surface area contributed by atoms with E-state index in [1.54, 1.807) is 0 Å². The molecule has 0 amide bonds. The van der Waals surface area contributed by atoms with E-state index in [2.05, 4.69) is 4.72 Å². The highest BCUT2D eigenvalue weighted by Crippen LogP contribution is 2.16. The molecule has 0 radical (unpaired) electrons. The highest BCUT2D eigenvalue weighted by Gasteiger charge is 2.16. The van der Waals surface area contributed by atoms with Crippen LogP contribution in [0.3, 0.4) is 0 Å². The fraction of sp³-hybridized carbons (Fsp3) is 0.300. The fourth-order valence-corrected chi connectivity index (χ4v) is 2.41. The van der Waals surface area contributed by atoms with Gasteiger partial charge in [-0.05, 0) is 12.5 Å². The number of hydrogen-bond acceptors (Lipinski definition) is 5. The minimum Gasteiger partial charge on any atom is -0.481 e. The van der Waals surface area contributed by atoms with Crippen molar-refractivity contribution in [2.45, 2.75) is 17.7 Å². The van der Waals surface area contributed by atoms with Gasteiger partial charge in [0.05, 0.1) is 9.82 Å². The zero-order valence-corrected chi connectivity index (χ0v) is 10.6. The number of sulfonamides is 1. The Morgan fingerprint density at radius 3 is 2.68 bits per heavy atom. The van der Waals surface area contributed by atoms with Gasteiger partial charge in [0.15, 0.2) is 0 Å². The van der Waals surface area contributed by atoms with E-state index in [1.807, 2.05) is 0 Å².